The van der Waals surface area contributed by atoms with Crippen molar-refractivity contribution in [3.63, 3.8) is 0 Å². The molecule has 0 aliphatic rings. The maximum absolute atomic E-state index is 12.5. The van der Waals surface area contributed by atoms with Gasteiger partial charge >= 0.3 is 5.69 Å². The molecule has 2 aromatic carbocycles. The van der Waals surface area contributed by atoms with Gasteiger partial charge in [0, 0.05) is 12.4 Å². The highest BCUT2D eigenvalue weighted by atomic mass is 16.1. The number of anilines is 1. The first-order chi connectivity index (χ1) is 10.1. The molecule has 0 saturated carbocycles. The highest BCUT2D eigenvalue weighted by Crippen LogP contribution is 2.24. The third kappa shape index (κ3) is 2.18. The first-order valence-corrected chi connectivity index (χ1v) is 6.89. The number of hydrogen-bond donors (Lipinski definition) is 1. The fraction of sp³-hybridized carbons (Fsp3) is 0.176. The third-order valence-corrected chi connectivity index (χ3v) is 3.64. The highest BCUT2D eigenvalue weighted by molar-refractivity contribution is 5.90. The number of hydrogen-bond acceptors (Lipinski definition) is 3. The van der Waals surface area contributed by atoms with E-state index in [0.29, 0.717) is 5.82 Å². The van der Waals surface area contributed by atoms with Crippen molar-refractivity contribution in [2.45, 2.75) is 13.8 Å². The minimum absolute atomic E-state index is 0.272. The molecule has 4 nitrogen and oxygen atoms in total. The van der Waals surface area contributed by atoms with Gasteiger partial charge < -0.3 is 5.32 Å². The lowest BCUT2D eigenvalue weighted by atomic mass is 10.1. The number of nitrogens with zero attached hydrogens (tertiary/aromatic N) is 2. The van der Waals surface area contributed by atoms with Crippen molar-refractivity contribution < 1.29 is 0 Å². The summed E-state index contributed by atoms with van der Waals surface area (Å²) in [5.41, 5.74) is 3.62. The Morgan fingerprint density at radius 2 is 1.86 bits per heavy atom. The molecule has 3 rings (SSSR count). The van der Waals surface area contributed by atoms with Crippen LogP contribution < -0.4 is 11.0 Å². The Kier molecular flexibility index (Phi) is 3.22. The van der Waals surface area contributed by atoms with E-state index < -0.39 is 0 Å². The summed E-state index contributed by atoms with van der Waals surface area (Å²) in [4.78, 5) is 16.7. The first-order valence-electron chi connectivity index (χ1n) is 6.89. The molecule has 0 bridgehead atoms. The quantitative estimate of drug-likeness (QED) is 0.784. The maximum Gasteiger partial charge on any atom is 0.354 e. The molecular formula is C17H17N3O. The Morgan fingerprint density at radius 1 is 1.10 bits per heavy atom. The molecule has 0 radical (unpaired) electrons. The van der Waals surface area contributed by atoms with Gasteiger partial charge in [-0.2, -0.15) is 4.98 Å². The second kappa shape index (κ2) is 5.05. The van der Waals surface area contributed by atoms with Crippen molar-refractivity contribution in [1.82, 2.24) is 9.55 Å². The molecule has 0 fully saturated rings. The van der Waals surface area contributed by atoms with Crippen LogP contribution in [0.25, 0.3) is 16.6 Å². The Morgan fingerprint density at radius 3 is 2.57 bits per heavy atom. The lowest BCUT2D eigenvalue weighted by Gasteiger charge is -2.14. The zero-order valence-electron chi connectivity index (χ0n) is 12.3. The monoisotopic (exact) mass is 279 g/mol. The van der Waals surface area contributed by atoms with Crippen LogP contribution in [0.1, 0.15) is 11.1 Å². The normalized spacial score (nSPS) is 10.8. The van der Waals surface area contributed by atoms with E-state index in [1.54, 1.807) is 11.6 Å². The number of aromatic nitrogens is 2. The molecule has 0 saturated heterocycles. The molecule has 1 N–H and O–H groups in total. The number of rotatable bonds is 2. The highest BCUT2D eigenvalue weighted by Gasteiger charge is 2.12. The minimum Gasteiger partial charge on any atom is -0.372 e. The molecule has 0 aliphatic carbocycles. The summed E-state index contributed by atoms with van der Waals surface area (Å²) >= 11 is 0. The van der Waals surface area contributed by atoms with Gasteiger partial charge in [0.2, 0.25) is 0 Å². The van der Waals surface area contributed by atoms with E-state index in [1.165, 1.54) is 0 Å². The van der Waals surface area contributed by atoms with Gasteiger partial charge in [-0.15, -0.1) is 0 Å². The zero-order chi connectivity index (χ0) is 15.0. The van der Waals surface area contributed by atoms with E-state index in [0.717, 1.165) is 27.7 Å². The number of fused-ring (bicyclic) bond motifs is 1. The SMILES string of the molecule is CNc1nc(=O)n(-c2ccccc2C)c2cc(C)ccc12. The molecule has 0 unspecified atom stereocenters. The average Bonchev–Trinajstić information content (AvgIpc) is 2.47. The topological polar surface area (TPSA) is 46.9 Å². The zero-order valence-corrected chi connectivity index (χ0v) is 12.3. The van der Waals surface area contributed by atoms with Gasteiger partial charge in [0.15, 0.2) is 0 Å². The molecule has 1 heterocycles. The Bertz CT molecular complexity index is 881. The van der Waals surface area contributed by atoms with Crippen LogP contribution >= 0.6 is 0 Å². The summed E-state index contributed by atoms with van der Waals surface area (Å²) in [5.74, 6) is 0.611. The van der Waals surface area contributed by atoms with Crippen LogP contribution in [0, 0.1) is 13.8 Å². The predicted octanol–water partition coefficient (Wildman–Crippen LogP) is 3.04. The largest absolute Gasteiger partial charge is 0.372 e. The van der Waals surface area contributed by atoms with Crippen molar-refractivity contribution in [3.05, 3.63) is 64.1 Å². The molecule has 0 aliphatic heterocycles. The van der Waals surface area contributed by atoms with Gasteiger partial charge in [-0.1, -0.05) is 24.3 Å². The van der Waals surface area contributed by atoms with E-state index in [4.69, 9.17) is 0 Å². The van der Waals surface area contributed by atoms with Crippen molar-refractivity contribution in [1.29, 1.82) is 0 Å². The van der Waals surface area contributed by atoms with Crippen LogP contribution in [-0.2, 0) is 0 Å². The predicted molar refractivity (Wildman–Crippen MR) is 86.4 cm³/mol. The molecule has 106 valence electrons. The van der Waals surface area contributed by atoms with Gasteiger partial charge in [-0.05, 0) is 43.2 Å². The average molecular weight is 279 g/mol. The van der Waals surface area contributed by atoms with Crippen molar-refractivity contribution in [3.8, 4) is 5.69 Å². The van der Waals surface area contributed by atoms with Gasteiger partial charge in [0.25, 0.3) is 0 Å². The Balaban J connectivity index is 2.48. The summed E-state index contributed by atoms with van der Waals surface area (Å²) < 4.78 is 1.68. The Labute approximate surface area is 123 Å². The minimum atomic E-state index is -0.272. The van der Waals surface area contributed by atoms with E-state index in [9.17, 15) is 4.79 Å². The fourth-order valence-electron chi connectivity index (χ4n) is 2.57. The standard InChI is InChI=1S/C17H17N3O/c1-11-8-9-13-15(10-11)20(17(21)19-16(13)18-3)14-7-5-4-6-12(14)2/h4-10H,1-3H3,(H,18,19,21). The van der Waals surface area contributed by atoms with Gasteiger partial charge in [0.05, 0.1) is 11.2 Å². The summed E-state index contributed by atoms with van der Waals surface area (Å²) in [6, 6.07) is 13.9. The third-order valence-electron chi connectivity index (χ3n) is 3.64. The summed E-state index contributed by atoms with van der Waals surface area (Å²) in [6.07, 6.45) is 0. The number of nitrogens with one attached hydrogen (secondary N) is 1. The number of benzene rings is 2. The second-order valence-electron chi connectivity index (χ2n) is 5.14. The molecule has 0 spiro atoms. The smallest absolute Gasteiger partial charge is 0.354 e. The van der Waals surface area contributed by atoms with E-state index in [2.05, 4.69) is 10.3 Å². The Hall–Kier alpha value is -2.62. The summed E-state index contributed by atoms with van der Waals surface area (Å²) in [6.45, 7) is 4.01. The van der Waals surface area contributed by atoms with Gasteiger partial charge in [0.1, 0.15) is 5.82 Å². The van der Waals surface area contributed by atoms with E-state index in [1.807, 2.05) is 56.3 Å². The van der Waals surface area contributed by atoms with Crippen LogP contribution in [0.15, 0.2) is 47.3 Å². The van der Waals surface area contributed by atoms with Crippen LogP contribution in [0.4, 0.5) is 5.82 Å². The lowest BCUT2D eigenvalue weighted by molar-refractivity contribution is 0.951. The van der Waals surface area contributed by atoms with Crippen molar-refractivity contribution in [2.75, 3.05) is 12.4 Å². The van der Waals surface area contributed by atoms with E-state index >= 15 is 0 Å². The number of aryl methyl sites for hydroxylation is 2. The molecule has 4 heteroatoms. The van der Waals surface area contributed by atoms with Gasteiger partial charge in [-0.3, -0.25) is 4.57 Å². The molecule has 3 aromatic rings. The molecule has 21 heavy (non-hydrogen) atoms. The van der Waals surface area contributed by atoms with Crippen LogP contribution in [0.3, 0.4) is 0 Å². The van der Waals surface area contributed by atoms with Crippen molar-refractivity contribution >= 4 is 16.7 Å². The summed E-state index contributed by atoms with van der Waals surface area (Å²) in [5, 5.41) is 3.94. The number of para-hydroxylation sites is 1. The van der Waals surface area contributed by atoms with E-state index in [-0.39, 0.29) is 5.69 Å². The van der Waals surface area contributed by atoms with Gasteiger partial charge in [-0.25, -0.2) is 4.79 Å². The van der Waals surface area contributed by atoms with Crippen molar-refractivity contribution in [2.24, 2.45) is 0 Å². The maximum atomic E-state index is 12.5. The lowest BCUT2D eigenvalue weighted by Crippen LogP contribution is -2.23. The molecule has 0 atom stereocenters. The molecule has 1 aromatic heterocycles. The molecule has 0 amide bonds. The molecular weight excluding hydrogens is 262 g/mol. The fourth-order valence-corrected chi connectivity index (χ4v) is 2.57. The second-order valence-corrected chi connectivity index (χ2v) is 5.14. The van der Waals surface area contributed by atoms with Crippen LogP contribution in [-0.4, -0.2) is 16.6 Å². The first kappa shape index (κ1) is 13.4. The van der Waals surface area contributed by atoms with Crippen LogP contribution in [0.2, 0.25) is 0 Å². The summed E-state index contributed by atoms with van der Waals surface area (Å²) in [7, 11) is 1.78. The van der Waals surface area contributed by atoms with Crippen LogP contribution in [0.5, 0.6) is 0 Å².